The molecule has 3 rings (SSSR count). The smallest absolute Gasteiger partial charge is 0.338 e. The maximum Gasteiger partial charge on any atom is 0.338 e. The maximum atomic E-state index is 12.4. The number of hydrogen-bond donors (Lipinski definition) is 0. The van der Waals surface area contributed by atoms with Gasteiger partial charge in [0.1, 0.15) is 0 Å². The van der Waals surface area contributed by atoms with E-state index < -0.39 is 5.97 Å². The van der Waals surface area contributed by atoms with Crippen LogP contribution in [0.25, 0.3) is 0 Å². The molecule has 0 heterocycles. The molecule has 1 aliphatic rings. The first-order chi connectivity index (χ1) is 12.0. The number of aryl methyl sites for hydroxylation is 5. The van der Waals surface area contributed by atoms with Crippen molar-refractivity contribution in [1.82, 2.24) is 0 Å². The number of ether oxygens (including phenoxy) is 1. The lowest BCUT2D eigenvalue weighted by atomic mass is 9.90. The van der Waals surface area contributed by atoms with Crippen LogP contribution in [-0.4, -0.2) is 18.4 Å². The number of hydrogen-bond acceptors (Lipinski definition) is 3. The number of ketones is 1. The van der Waals surface area contributed by atoms with Gasteiger partial charge in [0.05, 0.1) is 5.56 Å². The van der Waals surface area contributed by atoms with Crippen molar-refractivity contribution in [3.8, 4) is 0 Å². The number of carbonyl (C=O) groups is 2. The lowest BCUT2D eigenvalue weighted by Gasteiger charge is -2.16. The highest BCUT2D eigenvalue weighted by molar-refractivity contribution is 6.00. The second kappa shape index (κ2) is 7.22. The zero-order valence-electron chi connectivity index (χ0n) is 15.1. The van der Waals surface area contributed by atoms with Gasteiger partial charge in [-0.2, -0.15) is 0 Å². The zero-order chi connectivity index (χ0) is 18.0. The number of rotatable bonds is 4. The standard InChI is InChI=1S/C22H24O3/c1-14-10-16(3)20(11-15(14)2)21(23)13-25-22(24)19-9-8-17-6-4-5-7-18(17)12-19/h8-12H,4-7,13H2,1-3H3. The molecule has 0 fully saturated rings. The van der Waals surface area contributed by atoms with Gasteiger partial charge in [-0.05, 0) is 92.5 Å². The van der Waals surface area contributed by atoms with E-state index in [1.165, 1.54) is 17.5 Å². The van der Waals surface area contributed by atoms with Crippen molar-refractivity contribution in [3.63, 3.8) is 0 Å². The van der Waals surface area contributed by atoms with Crippen LogP contribution in [0.5, 0.6) is 0 Å². The van der Waals surface area contributed by atoms with Crippen LogP contribution in [0, 0.1) is 20.8 Å². The lowest BCUT2D eigenvalue weighted by molar-refractivity contribution is 0.0474. The Balaban J connectivity index is 1.68. The molecule has 0 amide bonds. The molecule has 3 nitrogen and oxygen atoms in total. The number of benzene rings is 2. The molecular weight excluding hydrogens is 312 g/mol. The molecule has 0 spiro atoms. The summed E-state index contributed by atoms with van der Waals surface area (Å²) in [7, 11) is 0. The van der Waals surface area contributed by atoms with Crippen molar-refractivity contribution in [2.45, 2.75) is 46.5 Å². The molecular formula is C22H24O3. The van der Waals surface area contributed by atoms with Gasteiger partial charge in [0.25, 0.3) is 0 Å². The third kappa shape index (κ3) is 3.81. The van der Waals surface area contributed by atoms with Crippen LogP contribution in [0.2, 0.25) is 0 Å². The zero-order valence-corrected chi connectivity index (χ0v) is 15.1. The number of fused-ring (bicyclic) bond motifs is 1. The van der Waals surface area contributed by atoms with Crippen LogP contribution >= 0.6 is 0 Å². The fourth-order valence-electron chi connectivity index (χ4n) is 3.41. The van der Waals surface area contributed by atoms with Crippen LogP contribution in [0.15, 0.2) is 30.3 Å². The molecule has 130 valence electrons. The largest absolute Gasteiger partial charge is 0.454 e. The average molecular weight is 336 g/mol. The van der Waals surface area contributed by atoms with Gasteiger partial charge in [-0.15, -0.1) is 0 Å². The summed E-state index contributed by atoms with van der Waals surface area (Å²) in [4.78, 5) is 24.7. The summed E-state index contributed by atoms with van der Waals surface area (Å²) >= 11 is 0. The summed E-state index contributed by atoms with van der Waals surface area (Å²) in [6.45, 7) is 5.68. The van der Waals surface area contributed by atoms with E-state index in [9.17, 15) is 9.59 Å². The summed E-state index contributed by atoms with van der Waals surface area (Å²) < 4.78 is 5.27. The van der Waals surface area contributed by atoms with Gasteiger partial charge in [-0.25, -0.2) is 4.79 Å². The number of esters is 1. The van der Waals surface area contributed by atoms with Crippen molar-refractivity contribution in [2.24, 2.45) is 0 Å². The van der Waals surface area contributed by atoms with Gasteiger partial charge >= 0.3 is 5.97 Å². The van der Waals surface area contributed by atoms with E-state index in [1.807, 2.05) is 45.0 Å². The van der Waals surface area contributed by atoms with Gasteiger partial charge < -0.3 is 4.74 Å². The van der Waals surface area contributed by atoms with Crippen molar-refractivity contribution in [3.05, 3.63) is 69.3 Å². The first-order valence-corrected chi connectivity index (χ1v) is 8.85. The normalized spacial score (nSPS) is 13.2. The Bertz CT molecular complexity index is 833. The summed E-state index contributed by atoms with van der Waals surface area (Å²) in [6.07, 6.45) is 4.46. The first-order valence-electron chi connectivity index (χ1n) is 8.85. The molecule has 0 aliphatic heterocycles. The predicted octanol–water partition coefficient (Wildman–Crippen LogP) is 4.53. The van der Waals surface area contributed by atoms with Crippen molar-refractivity contribution < 1.29 is 14.3 Å². The molecule has 0 atom stereocenters. The van der Waals surface area contributed by atoms with Crippen LogP contribution in [-0.2, 0) is 17.6 Å². The SMILES string of the molecule is Cc1cc(C)c(C(=O)COC(=O)c2ccc3c(c2)CCCC3)cc1C. The highest BCUT2D eigenvalue weighted by atomic mass is 16.5. The molecule has 1 aliphatic carbocycles. The van der Waals surface area contributed by atoms with E-state index in [4.69, 9.17) is 4.74 Å². The van der Waals surface area contributed by atoms with Crippen LogP contribution in [0.4, 0.5) is 0 Å². The van der Waals surface area contributed by atoms with Gasteiger partial charge in [-0.3, -0.25) is 4.79 Å². The van der Waals surface area contributed by atoms with E-state index in [-0.39, 0.29) is 12.4 Å². The Morgan fingerprint density at radius 3 is 2.32 bits per heavy atom. The monoisotopic (exact) mass is 336 g/mol. The van der Waals surface area contributed by atoms with Crippen molar-refractivity contribution in [2.75, 3.05) is 6.61 Å². The Kier molecular flexibility index (Phi) is 5.03. The summed E-state index contributed by atoms with van der Waals surface area (Å²) in [5, 5.41) is 0. The lowest BCUT2D eigenvalue weighted by Crippen LogP contribution is -2.16. The molecule has 25 heavy (non-hydrogen) atoms. The molecule has 0 unspecified atom stereocenters. The Hall–Kier alpha value is -2.42. The van der Waals surface area contributed by atoms with Gasteiger partial charge in [0.15, 0.2) is 6.61 Å². The van der Waals surface area contributed by atoms with E-state index in [1.54, 1.807) is 6.07 Å². The van der Waals surface area contributed by atoms with E-state index >= 15 is 0 Å². The second-order valence-electron chi connectivity index (χ2n) is 6.94. The third-order valence-electron chi connectivity index (χ3n) is 5.06. The van der Waals surface area contributed by atoms with E-state index in [2.05, 4.69) is 0 Å². The van der Waals surface area contributed by atoms with Crippen LogP contribution < -0.4 is 0 Å². The van der Waals surface area contributed by atoms with Gasteiger partial charge in [0.2, 0.25) is 5.78 Å². The topological polar surface area (TPSA) is 43.4 Å². The maximum absolute atomic E-state index is 12.4. The molecule has 0 saturated heterocycles. The average Bonchev–Trinajstić information content (AvgIpc) is 2.62. The predicted molar refractivity (Wildman–Crippen MR) is 98.4 cm³/mol. The second-order valence-corrected chi connectivity index (χ2v) is 6.94. The van der Waals surface area contributed by atoms with Crippen molar-refractivity contribution >= 4 is 11.8 Å². The molecule has 0 bridgehead atoms. The minimum Gasteiger partial charge on any atom is -0.454 e. The minimum atomic E-state index is -0.428. The summed E-state index contributed by atoms with van der Waals surface area (Å²) in [5.41, 5.74) is 6.85. The van der Waals surface area contributed by atoms with Gasteiger partial charge in [-0.1, -0.05) is 12.1 Å². The van der Waals surface area contributed by atoms with Crippen LogP contribution in [0.1, 0.15) is 61.4 Å². The highest BCUT2D eigenvalue weighted by Crippen LogP contribution is 2.22. The number of carbonyl (C=O) groups excluding carboxylic acids is 2. The quantitative estimate of drug-likeness (QED) is 0.608. The third-order valence-corrected chi connectivity index (χ3v) is 5.06. The molecule has 0 radical (unpaired) electrons. The summed E-state index contributed by atoms with van der Waals surface area (Å²) in [5.74, 6) is -0.588. The molecule has 0 aromatic heterocycles. The number of Topliss-reactive ketones (excluding diaryl/α,β-unsaturated/α-hetero) is 1. The van der Waals surface area contributed by atoms with E-state index in [0.717, 1.165) is 36.0 Å². The molecule has 3 heteroatoms. The Morgan fingerprint density at radius 2 is 1.56 bits per heavy atom. The Labute approximate surface area is 149 Å². The molecule has 0 saturated carbocycles. The van der Waals surface area contributed by atoms with E-state index in [0.29, 0.717) is 11.1 Å². The minimum absolute atomic E-state index is 0.160. The Morgan fingerprint density at radius 1 is 0.880 bits per heavy atom. The first kappa shape index (κ1) is 17.4. The molecule has 2 aromatic rings. The molecule has 2 aromatic carbocycles. The van der Waals surface area contributed by atoms with Crippen LogP contribution in [0.3, 0.4) is 0 Å². The fourth-order valence-corrected chi connectivity index (χ4v) is 3.41. The van der Waals surface area contributed by atoms with Gasteiger partial charge in [0, 0.05) is 5.56 Å². The molecule has 0 N–H and O–H groups in total. The summed E-state index contributed by atoms with van der Waals surface area (Å²) in [6, 6.07) is 9.61. The fraction of sp³-hybridized carbons (Fsp3) is 0.364. The highest BCUT2D eigenvalue weighted by Gasteiger charge is 2.16. The van der Waals surface area contributed by atoms with Crippen molar-refractivity contribution in [1.29, 1.82) is 0 Å².